The molecule has 0 aromatic heterocycles. The number of methoxy groups -OCH3 is 1. The molecule has 3 unspecified atom stereocenters. The fourth-order valence-corrected chi connectivity index (χ4v) is 2.09. The predicted molar refractivity (Wildman–Crippen MR) is 51.1 cm³/mol. The maximum atomic E-state index is 11.3. The molecule has 0 aromatic carbocycles. The summed E-state index contributed by atoms with van der Waals surface area (Å²) in [5, 5.41) is 0. The van der Waals surface area contributed by atoms with Crippen molar-refractivity contribution in [3.63, 3.8) is 0 Å². The molecule has 3 heteroatoms. The van der Waals surface area contributed by atoms with E-state index in [2.05, 4.69) is 0 Å². The molecule has 76 valence electrons. The molecule has 0 heterocycles. The molecule has 1 saturated carbocycles. The van der Waals surface area contributed by atoms with Gasteiger partial charge in [0.1, 0.15) is 0 Å². The highest BCUT2D eigenvalue weighted by molar-refractivity contribution is 5.72. The largest absolute Gasteiger partial charge is 0.469 e. The average Bonchev–Trinajstić information content (AvgIpc) is 2.17. The summed E-state index contributed by atoms with van der Waals surface area (Å²) in [5.41, 5.74) is 5.82. The van der Waals surface area contributed by atoms with Crippen LogP contribution in [-0.4, -0.2) is 19.1 Å². The van der Waals surface area contributed by atoms with Gasteiger partial charge in [-0.25, -0.2) is 0 Å². The number of nitrogens with two attached hydrogens (primary N) is 1. The lowest BCUT2D eigenvalue weighted by Crippen LogP contribution is -2.33. The van der Waals surface area contributed by atoms with Crippen LogP contribution in [0.3, 0.4) is 0 Å². The second kappa shape index (κ2) is 4.61. The standard InChI is InChI=1S/C10H19NO2/c1-7(11)8-4-3-5-9(6-8)10(12)13-2/h7-9H,3-6,11H2,1-2H3. The highest BCUT2D eigenvalue weighted by Crippen LogP contribution is 2.31. The summed E-state index contributed by atoms with van der Waals surface area (Å²) in [6, 6.07) is 0.201. The Bertz CT molecular complexity index is 180. The summed E-state index contributed by atoms with van der Waals surface area (Å²) in [6.45, 7) is 2.02. The molecule has 0 aromatic rings. The smallest absolute Gasteiger partial charge is 0.308 e. The minimum Gasteiger partial charge on any atom is -0.469 e. The second-order valence-corrected chi connectivity index (χ2v) is 4.01. The number of esters is 1. The number of hydrogen-bond acceptors (Lipinski definition) is 3. The first kappa shape index (κ1) is 10.5. The second-order valence-electron chi connectivity index (χ2n) is 4.01. The van der Waals surface area contributed by atoms with E-state index in [0.29, 0.717) is 5.92 Å². The molecular weight excluding hydrogens is 166 g/mol. The lowest BCUT2D eigenvalue weighted by molar-refractivity contribution is -0.147. The monoisotopic (exact) mass is 185 g/mol. The van der Waals surface area contributed by atoms with Crippen molar-refractivity contribution in [1.82, 2.24) is 0 Å². The maximum Gasteiger partial charge on any atom is 0.308 e. The quantitative estimate of drug-likeness (QED) is 0.660. The van der Waals surface area contributed by atoms with Crippen LogP contribution in [0.5, 0.6) is 0 Å². The molecule has 1 rings (SSSR count). The SMILES string of the molecule is COC(=O)C1CCCC(C(C)N)C1. The Hall–Kier alpha value is -0.570. The zero-order valence-electron chi connectivity index (χ0n) is 8.45. The van der Waals surface area contributed by atoms with Crippen LogP contribution in [0.25, 0.3) is 0 Å². The summed E-state index contributed by atoms with van der Waals surface area (Å²) in [5.74, 6) is 0.526. The predicted octanol–water partition coefficient (Wildman–Crippen LogP) is 1.31. The van der Waals surface area contributed by atoms with Crippen LogP contribution >= 0.6 is 0 Å². The Morgan fingerprint density at radius 1 is 1.54 bits per heavy atom. The Balaban J connectivity index is 2.46. The third-order valence-electron chi connectivity index (χ3n) is 2.99. The lowest BCUT2D eigenvalue weighted by atomic mass is 9.78. The normalized spacial score (nSPS) is 31.0. The number of rotatable bonds is 2. The molecule has 0 radical (unpaired) electrons. The van der Waals surface area contributed by atoms with Gasteiger partial charge in [0.25, 0.3) is 0 Å². The number of carbonyl (C=O) groups excluding carboxylic acids is 1. The van der Waals surface area contributed by atoms with Crippen molar-refractivity contribution in [1.29, 1.82) is 0 Å². The van der Waals surface area contributed by atoms with Crippen LogP contribution in [0.1, 0.15) is 32.6 Å². The fourth-order valence-electron chi connectivity index (χ4n) is 2.09. The van der Waals surface area contributed by atoms with Gasteiger partial charge in [-0.1, -0.05) is 6.42 Å². The molecule has 1 aliphatic carbocycles. The molecular formula is C10H19NO2. The third kappa shape index (κ3) is 2.69. The van der Waals surface area contributed by atoms with E-state index in [1.54, 1.807) is 0 Å². The van der Waals surface area contributed by atoms with Crippen LogP contribution in [-0.2, 0) is 9.53 Å². The van der Waals surface area contributed by atoms with Gasteiger partial charge < -0.3 is 10.5 Å². The summed E-state index contributed by atoms with van der Waals surface area (Å²) >= 11 is 0. The summed E-state index contributed by atoms with van der Waals surface area (Å²) in [6.07, 6.45) is 4.14. The number of ether oxygens (including phenoxy) is 1. The molecule has 3 atom stereocenters. The van der Waals surface area contributed by atoms with Crippen molar-refractivity contribution in [3.05, 3.63) is 0 Å². The molecule has 1 fully saturated rings. The first-order valence-corrected chi connectivity index (χ1v) is 4.98. The zero-order valence-corrected chi connectivity index (χ0v) is 8.45. The van der Waals surface area contributed by atoms with E-state index >= 15 is 0 Å². The van der Waals surface area contributed by atoms with Crippen LogP contribution in [0.4, 0.5) is 0 Å². The van der Waals surface area contributed by atoms with Crippen LogP contribution in [0.15, 0.2) is 0 Å². The van der Waals surface area contributed by atoms with Gasteiger partial charge >= 0.3 is 5.97 Å². The molecule has 0 amide bonds. The lowest BCUT2D eigenvalue weighted by Gasteiger charge is -2.29. The summed E-state index contributed by atoms with van der Waals surface area (Å²) in [4.78, 5) is 11.3. The van der Waals surface area contributed by atoms with Gasteiger partial charge in [0.15, 0.2) is 0 Å². The topological polar surface area (TPSA) is 52.3 Å². The first-order chi connectivity index (χ1) is 6.15. The van der Waals surface area contributed by atoms with Gasteiger partial charge in [0.05, 0.1) is 13.0 Å². The Kier molecular flexibility index (Phi) is 3.72. The molecule has 1 aliphatic rings. The van der Waals surface area contributed by atoms with E-state index in [9.17, 15) is 4.79 Å². The molecule has 3 nitrogen and oxygen atoms in total. The Morgan fingerprint density at radius 2 is 2.23 bits per heavy atom. The highest BCUT2D eigenvalue weighted by atomic mass is 16.5. The van der Waals surface area contributed by atoms with E-state index in [4.69, 9.17) is 10.5 Å². The van der Waals surface area contributed by atoms with Crippen molar-refractivity contribution < 1.29 is 9.53 Å². The fraction of sp³-hybridized carbons (Fsp3) is 0.900. The van der Waals surface area contributed by atoms with Crippen molar-refractivity contribution >= 4 is 5.97 Å². The van der Waals surface area contributed by atoms with Gasteiger partial charge in [-0.15, -0.1) is 0 Å². The zero-order chi connectivity index (χ0) is 9.84. The van der Waals surface area contributed by atoms with Crippen molar-refractivity contribution in [3.8, 4) is 0 Å². The molecule has 0 bridgehead atoms. The molecule has 13 heavy (non-hydrogen) atoms. The Morgan fingerprint density at radius 3 is 2.77 bits per heavy atom. The van der Waals surface area contributed by atoms with E-state index in [0.717, 1.165) is 25.7 Å². The van der Waals surface area contributed by atoms with Crippen LogP contribution < -0.4 is 5.73 Å². The van der Waals surface area contributed by atoms with Gasteiger partial charge in [-0.3, -0.25) is 4.79 Å². The third-order valence-corrected chi connectivity index (χ3v) is 2.99. The van der Waals surface area contributed by atoms with Crippen molar-refractivity contribution in [2.45, 2.75) is 38.6 Å². The van der Waals surface area contributed by atoms with Crippen LogP contribution in [0, 0.1) is 11.8 Å². The minimum absolute atomic E-state index is 0.0645. The molecule has 0 aliphatic heterocycles. The highest BCUT2D eigenvalue weighted by Gasteiger charge is 2.29. The number of carbonyl (C=O) groups is 1. The van der Waals surface area contributed by atoms with Gasteiger partial charge in [-0.05, 0) is 32.1 Å². The van der Waals surface area contributed by atoms with Gasteiger partial charge in [0, 0.05) is 6.04 Å². The van der Waals surface area contributed by atoms with E-state index in [-0.39, 0.29) is 17.9 Å². The number of hydrogen-bond donors (Lipinski definition) is 1. The summed E-state index contributed by atoms with van der Waals surface area (Å²) < 4.78 is 4.74. The van der Waals surface area contributed by atoms with Crippen molar-refractivity contribution in [2.24, 2.45) is 17.6 Å². The average molecular weight is 185 g/mol. The van der Waals surface area contributed by atoms with Gasteiger partial charge in [-0.2, -0.15) is 0 Å². The van der Waals surface area contributed by atoms with E-state index in [1.165, 1.54) is 7.11 Å². The van der Waals surface area contributed by atoms with Crippen molar-refractivity contribution in [2.75, 3.05) is 7.11 Å². The van der Waals surface area contributed by atoms with Crippen LogP contribution in [0.2, 0.25) is 0 Å². The maximum absolute atomic E-state index is 11.3. The van der Waals surface area contributed by atoms with E-state index < -0.39 is 0 Å². The molecule has 0 spiro atoms. The summed E-state index contributed by atoms with van der Waals surface area (Å²) in [7, 11) is 1.46. The molecule has 0 saturated heterocycles. The first-order valence-electron chi connectivity index (χ1n) is 4.98. The Labute approximate surface area is 79.6 Å². The molecule has 2 N–H and O–H groups in total. The minimum atomic E-state index is -0.0645. The van der Waals surface area contributed by atoms with Gasteiger partial charge in [0.2, 0.25) is 0 Å². The van der Waals surface area contributed by atoms with E-state index in [1.807, 2.05) is 6.92 Å².